The van der Waals surface area contributed by atoms with E-state index in [1.807, 2.05) is 72.9 Å². The van der Waals surface area contributed by atoms with Gasteiger partial charge in [0.05, 0.1) is 6.21 Å². The zero-order valence-electron chi connectivity index (χ0n) is 18.0. The van der Waals surface area contributed by atoms with Crippen molar-refractivity contribution in [2.75, 3.05) is 6.54 Å². The molecule has 0 fully saturated rings. The Hall–Kier alpha value is -4.39. The van der Waals surface area contributed by atoms with E-state index in [9.17, 15) is 9.59 Å². The van der Waals surface area contributed by atoms with Crippen LogP contribution in [0.25, 0.3) is 10.9 Å². The van der Waals surface area contributed by atoms with Gasteiger partial charge < -0.3 is 14.6 Å². The molecule has 0 aliphatic heterocycles. The van der Waals surface area contributed by atoms with E-state index in [1.54, 1.807) is 6.21 Å². The first-order chi connectivity index (χ1) is 16.2. The molecule has 0 aliphatic rings. The molecule has 1 aromatic heterocycles. The van der Waals surface area contributed by atoms with Gasteiger partial charge >= 0.3 is 6.09 Å². The largest absolute Gasteiger partial charge is 0.445 e. The van der Waals surface area contributed by atoms with Crippen LogP contribution in [0.15, 0.2) is 96.2 Å². The lowest BCUT2D eigenvalue weighted by molar-refractivity contribution is -0.120. The van der Waals surface area contributed by atoms with Crippen molar-refractivity contribution in [1.82, 2.24) is 15.3 Å². The molecule has 0 aliphatic carbocycles. The van der Waals surface area contributed by atoms with Crippen LogP contribution in [-0.4, -0.2) is 29.3 Å². The number of amides is 2. The summed E-state index contributed by atoms with van der Waals surface area (Å²) in [6, 6.07) is 27.6. The number of nitrogens with one attached hydrogen (secondary N) is 2. The number of carbonyl (C=O) groups is 2. The monoisotopic (exact) mass is 440 g/mol. The van der Waals surface area contributed by atoms with Gasteiger partial charge in [0, 0.05) is 29.2 Å². The fourth-order valence-corrected chi connectivity index (χ4v) is 3.43. The van der Waals surface area contributed by atoms with E-state index in [0.29, 0.717) is 0 Å². The lowest BCUT2D eigenvalue weighted by atomic mass is 10.2. The van der Waals surface area contributed by atoms with Crippen LogP contribution in [-0.2, 0) is 22.7 Å². The van der Waals surface area contributed by atoms with Gasteiger partial charge in [0.25, 0.3) is 5.91 Å². The van der Waals surface area contributed by atoms with Crippen molar-refractivity contribution in [3.8, 4) is 0 Å². The zero-order valence-corrected chi connectivity index (χ0v) is 18.0. The zero-order chi connectivity index (χ0) is 22.9. The minimum Gasteiger partial charge on any atom is -0.445 e. The lowest BCUT2D eigenvalue weighted by Crippen LogP contribution is -2.35. The first-order valence-corrected chi connectivity index (χ1v) is 10.6. The second kappa shape index (κ2) is 10.8. The van der Waals surface area contributed by atoms with Crippen LogP contribution in [0, 0.1) is 0 Å². The van der Waals surface area contributed by atoms with Crippen molar-refractivity contribution < 1.29 is 14.3 Å². The Labute approximate surface area is 191 Å². The van der Waals surface area contributed by atoms with Gasteiger partial charge in [-0.15, -0.1) is 0 Å². The lowest BCUT2D eigenvalue weighted by Gasteiger charge is -2.06. The normalized spacial score (nSPS) is 10.9. The smallest absolute Gasteiger partial charge is 0.407 e. The Morgan fingerprint density at radius 2 is 1.55 bits per heavy atom. The Balaban J connectivity index is 1.31. The van der Waals surface area contributed by atoms with E-state index >= 15 is 0 Å². The minimum absolute atomic E-state index is 0.138. The van der Waals surface area contributed by atoms with Crippen molar-refractivity contribution in [3.05, 3.63) is 108 Å². The summed E-state index contributed by atoms with van der Waals surface area (Å²) in [5.74, 6) is -0.448. The fraction of sp³-hybridized carbons (Fsp3) is 0.115. The van der Waals surface area contributed by atoms with Crippen molar-refractivity contribution in [1.29, 1.82) is 0 Å². The average Bonchev–Trinajstić information content (AvgIpc) is 3.20. The number of para-hydroxylation sites is 1. The molecule has 33 heavy (non-hydrogen) atoms. The maximum Gasteiger partial charge on any atom is 0.407 e. The first kappa shape index (κ1) is 21.8. The quantitative estimate of drug-likeness (QED) is 0.320. The Morgan fingerprint density at radius 3 is 2.30 bits per heavy atom. The summed E-state index contributed by atoms with van der Waals surface area (Å²) >= 11 is 0. The molecule has 4 aromatic rings. The molecule has 0 saturated heterocycles. The topological polar surface area (TPSA) is 84.7 Å². The molecule has 0 saturated carbocycles. The number of fused-ring (bicyclic) bond motifs is 1. The second-order valence-corrected chi connectivity index (χ2v) is 7.42. The van der Waals surface area contributed by atoms with Gasteiger partial charge in [0.1, 0.15) is 13.2 Å². The van der Waals surface area contributed by atoms with E-state index in [4.69, 9.17) is 4.74 Å². The molecule has 0 radical (unpaired) electrons. The highest BCUT2D eigenvalue weighted by atomic mass is 16.5. The summed E-state index contributed by atoms with van der Waals surface area (Å²) in [5.41, 5.74) is 6.46. The third-order valence-electron chi connectivity index (χ3n) is 5.01. The van der Waals surface area contributed by atoms with E-state index in [1.165, 1.54) is 5.56 Å². The van der Waals surface area contributed by atoms with Gasteiger partial charge in [0.2, 0.25) is 0 Å². The molecule has 0 unspecified atom stereocenters. The third-order valence-corrected chi connectivity index (χ3v) is 5.01. The van der Waals surface area contributed by atoms with Crippen molar-refractivity contribution in [3.63, 3.8) is 0 Å². The molecule has 7 heteroatoms. The van der Waals surface area contributed by atoms with E-state index in [0.717, 1.165) is 28.6 Å². The summed E-state index contributed by atoms with van der Waals surface area (Å²) in [6.07, 6.45) is 2.95. The average molecular weight is 441 g/mol. The van der Waals surface area contributed by atoms with Crippen LogP contribution in [0.5, 0.6) is 0 Å². The first-order valence-electron chi connectivity index (χ1n) is 10.6. The molecule has 1 heterocycles. The van der Waals surface area contributed by atoms with Crippen molar-refractivity contribution in [2.45, 2.75) is 13.2 Å². The molecular weight excluding hydrogens is 416 g/mol. The standard InChI is InChI=1S/C26H24N4O3/c31-25(16-27-26(32)33-19-21-11-5-2-6-12-21)29-28-15-22-18-30(17-20-9-3-1-4-10-20)24-14-8-7-13-23(22)24/h1-15,18H,16-17,19H2,(H,27,32)(H,29,31)/b28-15-. The highest BCUT2D eigenvalue weighted by Crippen LogP contribution is 2.21. The maximum atomic E-state index is 12.0. The van der Waals surface area contributed by atoms with Crippen LogP contribution in [0.2, 0.25) is 0 Å². The highest BCUT2D eigenvalue weighted by Gasteiger charge is 2.08. The molecule has 4 rings (SSSR count). The number of aromatic nitrogens is 1. The summed E-state index contributed by atoms with van der Waals surface area (Å²) in [7, 11) is 0. The predicted octanol–water partition coefficient (Wildman–Crippen LogP) is 4.07. The van der Waals surface area contributed by atoms with Gasteiger partial charge in [-0.1, -0.05) is 78.9 Å². The number of carbonyl (C=O) groups excluding carboxylic acids is 2. The molecule has 0 spiro atoms. The minimum atomic E-state index is -0.665. The number of rotatable bonds is 8. The van der Waals surface area contributed by atoms with Crippen LogP contribution in [0.1, 0.15) is 16.7 Å². The van der Waals surface area contributed by atoms with Crippen molar-refractivity contribution >= 4 is 29.1 Å². The van der Waals surface area contributed by atoms with Gasteiger partial charge in [0.15, 0.2) is 0 Å². The van der Waals surface area contributed by atoms with E-state index in [2.05, 4.69) is 38.6 Å². The molecule has 0 bridgehead atoms. The SMILES string of the molecule is O=C(CNC(=O)OCc1ccccc1)N/N=C\c1cn(Cc2ccccc2)c2ccccc12. The van der Waals surface area contributed by atoms with Crippen LogP contribution in [0.4, 0.5) is 4.79 Å². The number of benzene rings is 3. The number of hydrogen-bond acceptors (Lipinski definition) is 4. The number of ether oxygens (including phenoxy) is 1. The van der Waals surface area contributed by atoms with Crippen LogP contribution < -0.4 is 10.7 Å². The van der Waals surface area contributed by atoms with Gasteiger partial charge in [-0.25, -0.2) is 10.2 Å². The molecular formula is C26H24N4O3. The fourth-order valence-electron chi connectivity index (χ4n) is 3.43. The summed E-state index contributed by atoms with van der Waals surface area (Å²) in [4.78, 5) is 23.8. The number of hydrogen-bond donors (Lipinski definition) is 2. The summed E-state index contributed by atoms with van der Waals surface area (Å²) < 4.78 is 7.23. The summed E-state index contributed by atoms with van der Waals surface area (Å²) in [6.45, 7) is 0.636. The predicted molar refractivity (Wildman–Crippen MR) is 128 cm³/mol. The van der Waals surface area contributed by atoms with Crippen LogP contribution >= 0.6 is 0 Å². The van der Waals surface area contributed by atoms with Gasteiger partial charge in [-0.3, -0.25) is 4.79 Å². The highest BCUT2D eigenvalue weighted by molar-refractivity contribution is 5.99. The summed E-state index contributed by atoms with van der Waals surface area (Å²) in [5, 5.41) is 7.50. The second-order valence-electron chi connectivity index (χ2n) is 7.42. The van der Waals surface area contributed by atoms with E-state index in [-0.39, 0.29) is 13.2 Å². The Morgan fingerprint density at radius 1 is 0.879 bits per heavy atom. The molecule has 166 valence electrons. The molecule has 3 aromatic carbocycles. The van der Waals surface area contributed by atoms with Gasteiger partial charge in [-0.2, -0.15) is 5.10 Å². The number of hydrazone groups is 1. The molecule has 2 N–H and O–H groups in total. The molecule has 2 amide bonds. The van der Waals surface area contributed by atoms with Gasteiger partial charge in [-0.05, 0) is 17.2 Å². The Bertz CT molecular complexity index is 1250. The Kier molecular flexibility index (Phi) is 7.12. The molecule has 7 nitrogen and oxygen atoms in total. The maximum absolute atomic E-state index is 12.0. The van der Waals surface area contributed by atoms with Crippen LogP contribution in [0.3, 0.4) is 0 Å². The molecule has 0 atom stereocenters. The number of alkyl carbamates (subject to hydrolysis) is 1. The van der Waals surface area contributed by atoms with E-state index < -0.39 is 12.0 Å². The number of nitrogens with zero attached hydrogens (tertiary/aromatic N) is 2. The van der Waals surface area contributed by atoms with Crippen molar-refractivity contribution in [2.24, 2.45) is 5.10 Å². The third kappa shape index (κ3) is 6.07.